The molecular formula is C15H30N6. The molecule has 1 saturated heterocycles. The summed E-state index contributed by atoms with van der Waals surface area (Å²) >= 11 is 0. The first-order valence-electron chi connectivity index (χ1n) is 8.27. The number of nitrogens with zero attached hydrogens (tertiary/aromatic N) is 6. The van der Waals surface area contributed by atoms with Gasteiger partial charge in [-0.05, 0) is 43.2 Å². The molecule has 120 valence electrons. The van der Waals surface area contributed by atoms with Crippen molar-refractivity contribution in [2.75, 3.05) is 32.7 Å². The van der Waals surface area contributed by atoms with Crippen molar-refractivity contribution in [3.8, 4) is 0 Å². The van der Waals surface area contributed by atoms with Gasteiger partial charge in [-0.15, -0.1) is 5.10 Å². The zero-order chi connectivity index (χ0) is 15.4. The number of aromatic nitrogens is 4. The van der Waals surface area contributed by atoms with E-state index in [2.05, 4.69) is 59.9 Å². The molecule has 6 nitrogen and oxygen atoms in total. The zero-order valence-electron chi connectivity index (χ0n) is 14.2. The van der Waals surface area contributed by atoms with E-state index in [0.717, 1.165) is 45.0 Å². The van der Waals surface area contributed by atoms with Crippen LogP contribution in [-0.2, 0) is 0 Å². The first-order valence-corrected chi connectivity index (χ1v) is 8.27. The average molecular weight is 294 g/mol. The minimum atomic E-state index is 0.307. The van der Waals surface area contributed by atoms with E-state index in [9.17, 15) is 0 Å². The standard InChI is InChI=1S/C15H30N6/c1-6-19-7-9-20(10-8-19)14(11-12(2)3)15-16-17-18-21(15)13(4)5/h12-14H,6-11H2,1-5H3/t14-/m1/s1. The number of piperazine rings is 1. The second-order valence-corrected chi connectivity index (χ2v) is 6.69. The molecule has 1 atom stereocenters. The molecule has 0 aromatic carbocycles. The smallest absolute Gasteiger partial charge is 0.168 e. The van der Waals surface area contributed by atoms with Crippen LogP contribution in [0.25, 0.3) is 0 Å². The Morgan fingerprint density at radius 2 is 1.71 bits per heavy atom. The van der Waals surface area contributed by atoms with Gasteiger partial charge in [0, 0.05) is 26.2 Å². The maximum Gasteiger partial charge on any atom is 0.168 e. The van der Waals surface area contributed by atoms with Gasteiger partial charge in [-0.1, -0.05) is 20.8 Å². The molecule has 0 aliphatic carbocycles. The highest BCUT2D eigenvalue weighted by molar-refractivity contribution is 4.96. The Labute approximate surface area is 128 Å². The lowest BCUT2D eigenvalue weighted by Crippen LogP contribution is -2.48. The van der Waals surface area contributed by atoms with E-state index in [-0.39, 0.29) is 0 Å². The van der Waals surface area contributed by atoms with E-state index in [1.165, 1.54) is 0 Å². The maximum absolute atomic E-state index is 4.35. The highest BCUT2D eigenvalue weighted by Gasteiger charge is 2.29. The maximum atomic E-state index is 4.35. The summed E-state index contributed by atoms with van der Waals surface area (Å²) in [5.74, 6) is 1.67. The second kappa shape index (κ2) is 7.31. The van der Waals surface area contributed by atoms with Gasteiger partial charge in [-0.25, -0.2) is 4.68 Å². The van der Waals surface area contributed by atoms with Crippen molar-refractivity contribution in [1.82, 2.24) is 30.0 Å². The Morgan fingerprint density at radius 1 is 1.05 bits per heavy atom. The summed E-state index contributed by atoms with van der Waals surface area (Å²) in [5.41, 5.74) is 0. The Kier molecular flexibility index (Phi) is 5.70. The SMILES string of the molecule is CCN1CCN([C@H](CC(C)C)c2nnnn2C(C)C)CC1. The highest BCUT2D eigenvalue weighted by Crippen LogP contribution is 2.28. The van der Waals surface area contributed by atoms with Gasteiger partial charge in [0.1, 0.15) is 0 Å². The van der Waals surface area contributed by atoms with Gasteiger partial charge < -0.3 is 4.90 Å². The lowest BCUT2D eigenvalue weighted by atomic mass is 10.0. The minimum absolute atomic E-state index is 0.307. The molecule has 0 unspecified atom stereocenters. The van der Waals surface area contributed by atoms with Crippen LogP contribution < -0.4 is 0 Å². The molecule has 0 N–H and O–H groups in total. The van der Waals surface area contributed by atoms with Crippen molar-refractivity contribution in [2.45, 2.75) is 53.1 Å². The summed E-state index contributed by atoms with van der Waals surface area (Å²) in [5, 5.41) is 12.5. The Morgan fingerprint density at radius 3 is 2.24 bits per heavy atom. The first-order chi connectivity index (χ1) is 10.0. The highest BCUT2D eigenvalue weighted by atomic mass is 15.6. The lowest BCUT2D eigenvalue weighted by molar-refractivity contribution is 0.0826. The van der Waals surface area contributed by atoms with Crippen LogP contribution in [0.2, 0.25) is 0 Å². The van der Waals surface area contributed by atoms with E-state index >= 15 is 0 Å². The third-order valence-corrected chi connectivity index (χ3v) is 4.29. The molecule has 0 saturated carbocycles. The molecule has 2 rings (SSSR count). The fourth-order valence-corrected chi connectivity index (χ4v) is 3.04. The van der Waals surface area contributed by atoms with Crippen LogP contribution in [0.3, 0.4) is 0 Å². The summed E-state index contributed by atoms with van der Waals surface area (Å²) in [4.78, 5) is 5.07. The molecule has 1 aliphatic heterocycles. The topological polar surface area (TPSA) is 50.1 Å². The summed E-state index contributed by atoms with van der Waals surface area (Å²) in [6.07, 6.45) is 1.11. The van der Waals surface area contributed by atoms with Gasteiger partial charge in [-0.2, -0.15) is 0 Å². The van der Waals surface area contributed by atoms with Crippen molar-refractivity contribution in [1.29, 1.82) is 0 Å². The largest absolute Gasteiger partial charge is 0.301 e. The molecule has 21 heavy (non-hydrogen) atoms. The number of tetrazole rings is 1. The number of hydrogen-bond donors (Lipinski definition) is 0. The lowest BCUT2D eigenvalue weighted by Gasteiger charge is -2.39. The van der Waals surface area contributed by atoms with E-state index in [1.54, 1.807) is 0 Å². The predicted octanol–water partition coefficient (Wildman–Crippen LogP) is 1.98. The third-order valence-electron chi connectivity index (χ3n) is 4.29. The van der Waals surface area contributed by atoms with E-state index in [1.807, 2.05) is 4.68 Å². The van der Waals surface area contributed by atoms with Gasteiger partial charge >= 0.3 is 0 Å². The molecule has 2 heterocycles. The van der Waals surface area contributed by atoms with Gasteiger partial charge in [0.2, 0.25) is 0 Å². The summed E-state index contributed by atoms with van der Waals surface area (Å²) < 4.78 is 1.99. The van der Waals surface area contributed by atoms with E-state index in [4.69, 9.17) is 0 Å². The fraction of sp³-hybridized carbons (Fsp3) is 0.933. The Hall–Kier alpha value is -1.01. The molecule has 1 aliphatic rings. The first kappa shape index (κ1) is 16.4. The Balaban J connectivity index is 2.16. The zero-order valence-corrected chi connectivity index (χ0v) is 14.2. The summed E-state index contributed by atoms with van der Waals surface area (Å²) in [7, 11) is 0. The molecule has 1 aromatic heterocycles. The molecule has 1 aromatic rings. The van der Waals surface area contributed by atoms with Crippen molar-refractivity contribution in [2.24, 2.45) is 5.92 Å². The van der Waals surface area contributed by atoms with Crippen molar-refractivity contribution >= 4 is 0 Å². The van der Waals surface area contributed by atoms with Crippen molar-refractivity contribution in [3.05, 3.63) is 5.82 Å². The van der Waals surface area contributed by atoms with Gasteiger partial charge in [0.25, 0.3) is 0 Å². The number of hydrogen-bond acceptors (Lipinski definition) is 5. The number of rotatable bonds is 6. The molecule has 6 heteroatoms. The quantitative estimate of drug-likeness (QED) is 0.803. The monoisotopic (exact) mass is 294 g/mol. The minimum Gasteiger partial charge on any atom is -0.301 e. The van der Waals surface area contributed by atoms with E-state index < -0.39 is 0 Å². The van der Waals surface area contributed by atoms with Crippen LogP contribution in [0.5, 0.6) is 0 Å². The number of likely N-dealkylation sites (N-methyl/N-ethyl adjacent to an activating group) is 1. The van der Waals surface area contributed by atoms with Crippen molar-refractivity contribution in [3.63, 3.8) is 0 Å². The van der Waals surface area contributed by atoms with Crippen LogP contribution >= 0.6 is 0 Å². The van der Waals surface area contributed by atoms with Crippen molar-refractivity contribution < 1.29 is 0 Å². The molecule has 0 amide bonds. The molecule has 0 radical (unpaired) electrons. The van der Waals surface area contributed by atoms with Crippen LogP contribution in [0.4, 0.5) is 0 Å². The molecule has 0 bridgehead atoms. The average Bonchev–Trinajstić information content (AvgIpc) is 2.94. The summed E-state index contributed by atoms with van der Waals surface area (Å²) in [6, 6.07) is 0.642. The van der Waals surface area contributed by atoms with Crippen LogP contribution in [0.1, 0.15) is 58.9 Å². The molecular weight excluding hydrogens is 264 g/mol. The van der Waals surface area contributed by atoms with Gasteiger partial charge in [0.15, 0.2) is 5.82 Å². The molecule has 0 spiro atoms. The Bertz CT molecular complexity index is 420. The van der Waals surface area contributed by atoms with Gasteiger partial charge in [0.05, 0.1) is 12.1 Å². The fourth-order valence-electron chi connectivity index (χ4n) is 3.04. The van der Waals surface area contributed by atoms with Gasteiger partial charge in [-0.3, -0.25) is 4.90 Å². The summed E-state index contributed by atoms with van der Waals surface area (Å²) in [6.45, 7) is 16.7. The van der Waals surface area contributed by atoms with Crippen LogP contribution in [-0.4, -0.2) is 62.7 Å². The van der Waals surface area contributed by atoms with Crippen LogP contribution in [0.15, 0.2) is 0 Å². The third kappa shape index (κ3) is 4.01. The molecule has 1 fully saturated rings. The predicted molar refractivity (Wildman–Crippen MR) is 84.1 cm³/mol. The van der Waals surface area contributed by atoms with Crippen LogP contribution in [0, 0.1) is 5.92 Å². The second-order valence-electron chi connectivity index (χ2n) is 6.69. The van der Waals surface area contributed by atoms with E-state index in [0.29, 0.717) is 18.0 Å². The normalized spacial score (nSPS) is 19.6.